The van der Waals surface area contributed by atoms with Gasteiger partial charge < -0.3 is 21.7 Å². The van der Waals surface area contributed by atoms with E-state index in [-0.39, 0.29) is 40.0 Å². The van der Waals surface area contributed by atoms with Gasteiger partial charge >= 0.3 is 23.1 Å². The first-order valence-corrected chi connectivity index (χ1v) is 4.44. The third kappa shape index (κ3) is 6.68. The predicted octanol–water partition coefficient (Wildman–Crippen LogP) is -0.403. The summed E-state index contributed by atoms with van der Waals surface area (Å²) in [6, 6.07) is 8.94. The van der Waals surface area contributed by atoms with Crippen LogP contribution in [0, 0.1) is 13.0 Å². The van der Waals surface area contributed by atoms with Crippen molar-refractivity contribution in [3.05, 3.63) is 29.8 Å². The molecule has 0 spiro atoms. The number of hydrogen-bond donors (Lipinski definition) is 0. The molecule has 74 valence electrons. The van der Waals surface area contributed by atoms with Crippen LogP contribution in [0.2, 0.25) is 0 Å². The molecule has 0 radical (unpaired) electrons. The Morgan fingerprint density at radius 1 is 1.43 bits per heavy atom. The van der Waals surface area contributed by atoms with E-state index in [1.807, 2.05) is 25.1 Å². The quantitative estimate of drug-likeness (QED) is 0.410. The molecule has 0 unspecified atom stereocenters. The summed E-state index contributed by atoms with van der Waals surface area (Å²) < 4.78 is 5.51. The molecule has 0 fully saturated rings. The molecule has 1 aromatic rings. The molecular weight excluding hydrogens is 252 g/mol. The van der Waals surface area contributed by atoms with Crippen molar-refractivity contribution in [1.82, 2.24) is 0 Å². The zero-order valence-electron chi connectivity index (χ0n) is 8.85. The topological polar surface area (TPSA) is 9.23 Å². The van der Waals surface area contributed by atoms with E-state index in [0.29, 0.717) is 0 Å². The van der Waals surface area contributed by atoms with Crippen LogP contribution in [0.4, 0.5) is 0 Å². The van der Waals surface area contributed by atoms with Crippen molar-refractivity contribution in [3.63, 3.8) is 0 Å². The van der Waals surface area contributed by atoms with Gasteiger partial charge in [0.1, 0.15) is 0 Å². The van der Waals surface area contributed by atoms with E-state index < -0.39 is 0 Å². The first-order valence-electron chi connectivity index (χ1n) is 4.44. The first kappa shape index (κ1) is 16.7. The SMILES string of the molecule is CCCCOc1cc[c-]c(C)c1.[Br-].[Mg+2]. The van der Waals surface area contributed by atoms with Crippen LogP contribution in [0.5, 0.6) is 5.75 Å². The van der Waals surface area contributed by atoms with E-state index in [0.717, 1.165) is 24.3 Å². The Bertz CT molecular complexity index is 240. The van der Waals surface area contributed by atoms with Gasteiger partial charge in [-0.05, 0) is 6.42 Å². The van der Waals surface area contributed by atoms with E-state index in [1.54, 1.807) is 0 Å². The molecule has 0 amide bonds. The van der Waals surface area contributed by atoms with Gasteiger partial charge in [0.05, 0.1) is 6.61 Å². The first-order chi connectivity index (χ1) is 5.83. The molecule has 0 aliphatic heterocycles. The van der Waals surface area contributed by atoms with E-state index in [4.69, 9.17) is 4.74 Å². The standard InChI is InChI=1S/C11H15O.BrH.Mg/c1-3-4-8-12-11-7-5-6-10(2)9-11;;/h5,7,9H,3-4,8H2,1-2H3;1H;/q-1;;+2/p-1. The van der Waals surface area contributed by atoms with Gasteiger partial charge in [-0.1, -0.05) is 20.3 Å². The van der Waals surface area contributed by atoms with Crippen molar-refractivity contribution in [3.8, 4) is 5.75 Å². The summed E-state index contributed by atoms with van der Waals surface area (Å²) >= 11 is 0. The van der Waals surface area contributed by atoms with Crippen molar-refractivity contribution in [1.29, 1.82) is 0 Å². The Balaban J connectivity index is 0. The largest absolute Gasteiger partial charge is 2.00 e. The average Bonchev–Trinajstić information content (AvgIpc) is 2.05. The van der Waals surface area contributed by atoms with E-state index in [1.165, 1.54) is 6.42 Å². The number of benzene rings is 1. The Morgan fingerprint density at radius 2 is 2.14 bits per heavy atom. The van der Waals surface area contributed by atoms with Gasteiger partial charge in [-0.2, -0.15) is 17.7 Å². The second-order valence-electron chi connectivity index (χ2n) is 2.91. The molecule has 1 nitrogen and oxygen atoms in total. The van der Waals surface area contributed by atoms with Crippen molar-refractivity contribution >= 4 is 23.1 Å². The summed E-state index contributed by atoms with van der Waals surface area (Å²) in [6.07, 6.45) is 2.30. The van der Waals surface area contributed by atoms with Crippen LogP contribution in [0.3, 0.4) is 0 Å². The summed E-state index contributed by atoms with van der Waals surface area (Å²) in [5.74, 6) is 0.958. The number of hydrogen-bond acceptors (Lipinski definition) is 1. The van der Waals surface area contributed by atoms with E-state index in [2.05, 4.69) is 13.0 Å². The summed E-state index contributed by atoms with van der Waals surface area (Å²) in [6.45, 7) is 5.00. The summed E-state index contributed by atoms with van der Waals surface area (Å²) in [4.78, 5) is 0. The molecule has 0 heterocycles. The molecule has 14 heavy (non-hydrogen) atoms. The van der Waals surface area contributed by atoms with Gasteiger partial charge in [0.15, 0.2) is 0 Å². The fraction of sp³-hybridized carbons (Fsp3) is 0.455. The third-order valence-corrected chi connectivity index (χ3v) is 1.68. The van der Waals surface area contributed by atoms with Gasteiger partial charge in [0.2, 0.25) is 0 Å². The minimum Gasteiger partial charge on any atom is -1.00 e. The van der Waals surface area contributed by atoms with Crippen molar-refractivity contribution in [2.45, 2.75) is 26.7 Å². The summed E-state index contributed by atoms with van der Waals surface area (Å²) in [5, 5.41) is 0. The molecule has 0 saturated heterocycles. The van der Waals surface area contributed by atoms with Crippen molar-refractivity contribution in [2.24, 2.45) is 0 Å². The average molecular weight is 267 g/mol. The van der Waals surface area contributed by atoms with E-state index >= 15 is 0 Å². The van der Waals surface area contributed by atoms with Gasteiger partial charge in [0.25, 0.3) is 0 Å². The molecule has 3 heteroatoms. The summed E-state index contributed by atoms with van der Waals surface area (Å²) in [7, 11) is 0. The molecular formula is C11H15BrMgO. The Hall–Kier alpha value is 0.266. The molecule has 0 aliphatic carbocycles. The Morgan fingerprint density at radius 3 is 2.71 bits per heavy atom. The molecule has 0 atom stereocenters. The van der Waals surface area contributed by atoms with Crippen LogP contribution >= 0.6 is 0 Å². The van der Waals surface area contributed by atoms with Crippen molar-refractivity contribution in [2.75, 3.05) is 6.61 Å². The number of aryl methyl sites for hydroxylation is 1. The molecule has 0 saturated carbocycles. The predicted molar refractivity (Wildman–Crippen MR) is 56.2 cm³/mol. The second-order valence-corrected chi connectivity index (χ2v) is 2.91. The van der Waals surface area contributed by atoms with Crippen LogP contribution in [0.25, 0.3) is 0 Å². The molecule has 1 aromatic carbocycles. The Labute approximate surface area is 113 Å². The minimum absolute atomic E-state index is 0. The number of unbranched alkanes of at least 4 members (excludes halogenated alkanes) is 1. The molecule has 0 aliphatic rings. The minimum atomic E-state index is 0. The van der Waals surface area contributed by atoms with Gasteiger partial charge in [-0.3, -0.25) is 0 Å². The summed E-state index contributed by atoms with van der Waals surface area (Å²) in [5.41, 5.74) is 1.13. The number of halogens is 1. The monoisotopic (exact) mass is 266 g/mol. The van der Waals surface area contributed by atoms with Crippen molar-refractivity contribution < 1.29 is 21.7 Å². The number of rotatable bonds is 4. The van der Waals surface area contributed by atoms with Gasteiger partial charge in [0, 0.05) is 5.75 Å². The van der Waals surface area contributed by atoms with Gasteiger partial charge in [-0.15, -0.1) is 12.1 Å². The van der Waals surface area contributed by atoms with Crippen LogP contribution in [0.1, 0.15) is 25.3 Å². The zero-order chi connectivity index (χ0) is 8.81. The molecule has 0 N–H and O–H groups in total. The van der Waals surface area contributed by atoms with Crippen LogP contribution < -0.4 is 21.7 Å². The molecule has 0 bridgehead atoms. The normalized spacial score (nSPS) is 8.43. The van der Waals surface area contributed by atoms with E-state index in [9.17, 15) is 0 Å². The van der Waals surface area contributed by atoms with Gasteiger partial charge in [-0.25, -0.2) is 0 Å². The Kier molecular flexibility index (Phi) is 11.7. The smallest absolute Gasteiger partial charge is 1.00 e. The fourth-order valence-corrected chi connectivity index (χ4v) is 0.983. The van der Waals surface area contributed by atoms with Crippen LogP contribution in [-0.2, 0) is 0 Å². The second kappa shape index (κ2) is 9.81. The third-order valence-electron chi connectivity index (χ3n) is 1.68. The zero-order valence-corrected chi connectivity index (χ0v) is 11.8. The maximum Gasteiger partial charge on any atom is 2.00 e. The number of ether oxygens (including phenoxy) is 1. The fourth-order valence-electron chi connectivity index (χ4n) is 0.983. The molecule has 1 rings (SSSR count). The molecule has 0 aromatic heterocycles. The van der Waals surface area contributed by atoms with Crippen LogP contribution in [-0.4, -0.2) is 29.7 Å². The maximum absolute atomic E-state index is 5.51. The van der Waals surface area contributed by atoms with Crippen LogP contribution in [0.15, 0.2) is 18.2 Å². The maximum atomic E-state index is 5.51.